The summed E-state index contributed by atoms with van der Waals surface area (Å²) in [5.41, 5.74) is 1.67. The van der Waals surface area contributed by atoms with E-state index < -0.39 is 0 Å². The van der Waals surface area contributed by atoms with Crippen molar-refractivity contribution in [3.8, 4) is 0 Å². The first kappa shape index (κ1) is 7.37. The maximum absolute atomic E-state index is 11.1. The van der Waals surface area contributed by atoms with E-state index in [4.69, 9.17) is 0 Å². The summed E-state index contributed by atoms with van der Waals surface area (Å²) in [6, 6.07) is 0. The maximum Gasteiger partial charge on any atom is 0.196 e. The molecule has 2 aliphatic rings. The zero-order valence-corrected chi connectivity index (χ0v) is 7.21. The highest BCUT2D eigenvalue weighted by Crippen LogP contribution is 1.95. The second-order valence-corrected chi connectivity index (χ2v) is 3.16. The third-order valence-electron chi connectivity index (χ3n) is 2.27. The van der Waals surface area contributed by atoms with Crippen LogP contribution in [0, 0.1) is 5.21 Å². The summed E-state index contributed by atoms with van der Waals surface area (Å²) in [5.74, 6) is 0. The molecule has 0 unspecified atom stereocenters. The third-order valence-corrected chi connectivity index (χ3v) is 2.27. The number of hydrogen-bond donors (Lipinski definition) is 0. The number of fused-ring (bicyclic) bond motifs is 3. The molecule has 68 valence electrons. The molecule has 14 heavy (non-hydrogen) atoms. The van der Waals surface area contributed by atoms with Crippen molar-refractivity contribution in [2.24, 2.45) is 10.2 Å². The number of hydrogen-bond acceptors (Lipinski definition) is 4. The van der Waals surface area contributed by atoms with Gasteiger partial charge in [0.1, 0.15) is 11.1 Å². The van der Waals surface area contributed by atoms with E-state index in [1.54, 1.807) is 18.5 Å². The van der Waals surface area contributed by atoms with Crippen LogP contribution in [-0.4, -0.2) is 22.2 Å². The van der Waals surface area contributed by atoms with Gasteiger partial charge in [-0.2, -0.15) is 5.10 Å². The number of rotatable bonds is 0. The molecular weight excluding hydrogens is 180 g/mol. The normalized spacial score (nSPS) is 16.4. The topological polar surface area (TPSA) is 63.7 Å². The van der Waals surface area contributed by atoms with Crippen molar-refractivity contribution in [1.82, 2.24) is 4.98 Å². The maximum atomic E-state index is 11.1. The van der Waals surface area contributed by atoms with Gasteiger partial charge in [-0.05, 0) is 0 Å². The fourth-order valence-corrected chi connectivity index (χ4v) is 1.58. The molecule has 0 spiro atoms. The first-order valence-corrected chi connectivity index (χ1v) is 4.22. The van der Waals surface area contributed by atoms with Gasteiger partial charge >= 0.3 is 0 Å². The average molecular weight is 186 g/mol. The molecule has 1 aromatic heterocycles. The lowest BCUT2D eigenvalue weighted by Crippen LogP contribution is -2.36. The molecule has 5 nitrogen and oxygen atoms in total. The van der Waals surface area contributed by atoms with Crippen molar-refractivity contribution < 1.29 is 4.74 Å². The lowest BCUT2D eigenvalue weighted by Gasteiger charge is -2.07. The smallest absolute Gasteiger partial charge is 0.196 e. The summed E-state index contributed by atoms with van der Waals surface area (Å²) < 4.78 is 0.845. The van der Waals surface area contributed by atoms with E-state index >= 15 is 0 Å². The van der Waals surface area contributed by atoms with Crippen LogP contribution < -0.4 is 10.6 Å². The van der Waals surface area contributed by atoms with E-state index in [2.05, 4.69) is 15.2 Å². The van der Waals surface area contributed by atoms with Crippen LogP contribution in [0.25, 0.3) is 6.08 Å². The van der Waals surface area contributed by atoms with Gasteiger partial charge in [0.05, 0.1) is 6.21 Å². The SMILES string of the molecule is [O-][N+]1=CC=c2c(ncc3c2=NN=C3)C1. The Morgan fingerprint density at radius 1 is 1.43 bits per heavy atom. The molecule has 3 heterocycles. The van der Waals surface area contributed by atoms with Gasteiger partial charge in [0.2, 0.25) is 0 Å². The third kappa shape index (κ3) is 0.891. The molecule has 5 heteroatoms. The minimum atomic E-state index is 0.286. The van der Waals surface area contributed by atoms with Crippen LogP contribution >= 0.6 is 0 Å². The first-order chi connectivity index (χ1) is 6.84. The Labute approximate surface area is 79.0 Å². The molecule has 0 bridgehead atoms. The number of aromatic nitrogens is 1. The second kappa shape index (κ2) is 2.47. The highest BCUT2D eigenvalue weighted by Gasteiger charge is 2.12. The van der Waals surface area contributed by atoms with Gasteiger partial charge in [0.15, 0.2) is 12.8 Å². The van der Waals surface area contributed by atoms with E-state index in [0.29, 0.717) is 0 Å². The van der Waals surface area contributed by atoms with E-state index in [0.717, 1.165) is 26.6 Å². The second-order valence-electron chi connectivity index (χ2n) is 3.16. The van der Waals surface area contributed by atoms with Crippen LogP contribution in [0.5, 0.6) is 0 Å². The number of nitrogens with zero attached hydrogens (tertiary/aromatic N) is 4. The van der Waals surface area contributed by atoms with Crippen LogP contribution in [0.1, 0.15) is 11.3 Å². The van der Waals surface area contributed by atoms with Crippen LogP contribution in [-0.2, 0) is 6.54 Å². The van der Waals surface area contributed by atoms with Gasteiger partial charge in [-0.15, -0.1) is 5.10 Å². The van der Waals surface area contributed by atoms with Crippen molar-refractivity contribution in [2.45, 2.75) is 6.54 Å². The van der Waals surface area contributed by atoms with Crippen LogP contribution in [0.4, 0.5) is 0 Å². The molecule has 0 N–H and O–H groups in total. The van der Waals surface area contributed by atoms with Crippen LogP contribution in [0.15, 0.2) is 16.4 Å². The van der Waals surface area contributed by atoms with Crippen molar-refractivity contribution in [2.75, 3.05) is 0 Å². The molecule has 1 aromatic rings. The van der Waals surface area contributed by atoms with Crippen molar-refractivity contribution in [3.05, 3.63) is 33.2 Å². The highest BCUT2D eigenvalue weighted by atomic mass is 16.5. The molecule has 0 saturated heterocycles. The standard InChI is InChI=1S/C9H6N4O/c14-13-2-1-7-8(5-13)10-3-6-4-11-12-9(6)7/h1-4H,5H2. The van der Waals surface area contributed by atoms with Crippen LogP contribution in [0.2, 0.25) is 0 Å². The molecule has 0 saturated carbocycles. The minimum absolute atomic E-state index is 0.286. The summed E-state index contributed by atoms with van der Waals surface area (Å²) in [5, 5.41) is 20.6. The Morgan fingerprint density at radius 2 is 2.36 bits per heavy atom. The molecule has 2 aliphatic heterocycles. The predicted octanol–water partition coefficient (Wildman–Crippen LogP) is -1.08. The fourth-order valence-electron chi connectivity index (χ4n) is 1.58. The minimum Gasteiger partial charge on any atom is -0.623 e. The lowest BCUT2D eigenvalue weighted by atomic mass is 10.1. The molecule has 0 atom stereocenters. The van der Waals surface area contributed by atoms with Crippen LogP contribution in [0.3, 0.4) is 0 Å². The summed E-state index contributed by atoms with van der Waals surface area (Å²) in [7, 11) is 0. The summed E-state index contributed by atoms with van der Waals surface area (Å²) >= 11 is 0. The largest absolute Gasteiger partial charge is 0.623 e. The first-order valence-electron chi connectivity index (χ1n) is 4.22. The highest BCUT2D eigenvalue weighted by molar-refractivity contribution is 5.89. The van der Waals surface area contributed by atoms with Gasteiger partial charge < -0.3 is 5.21 Å². The van der Waals surface area contributed by atoms with Gasteiger partial charge in [-0.25, -0.2) is 4.74 Å². The zero-order valence-electron chi connectivity index (χ0n) is 7.21. The van der Waals surface area contributed by atoms with E-state index in [9.17, 15) is 5.21 Å². The van der Waals surface area contributed by atoms with Gasteiger partial charge in [-0.1, -0.05) is 0 Å². The Kier molecular flexibility index (Phi) is 1.30. The molecule has 0 aromatic carbocycles. The average Bonchev–Trinajstić information content (AvgIpc) is 2.65. The Bertz CT molecular complexity index is 586. The van der Waals surface area contributed by atoms with Gasteiger partial charge in [-0.3, -0.25) is 4.98 Å². The molecule has 0 fully saturated rings. The van der Waals surface area contributed by atoms with E-state index in [1.165, 1.54) is 6.21 Å². The Hall–Kier alpha value is -2.04. The summed E-state index contributed by atoms with van der Waals surface area (Å²) in [6.45, 7) is 0.286. The molecule has 0 amide bonds. The summed E-state index contributed by atoms with van der Waals surface area (Å²) in [6.07, 6.45) is 6.58. The van der Waals surface area contributed by atoms with E-state index in [1.807, 2.05) is 0 Å². The van der Waals surface area contributed by atoms with Gasteiger partial charge in [0, 0.05) is 23.1 Å². The Morgan fingerprint density at radius 3 is 3.29 bits per heavy atom. The Balaban J connectivity index is 2.43. The van der Waals surface area contributed by atoms with Crippen molar-refractivity contribution >= 4 is 18.5 Å². The fraction of sp³-hybridized carbons (Fsp3) is 0.111. The number of pyridine rings is 1. The summed E-state index contributed by atoms with van der Waals surface area (Å²) in [4.78, 5) is 4.20. The van der Waals surface area contributed by atoms with Crippen molar-refractivity contribution in [1.29, 1.82) is 0 Å². The monoisotopic (exact) mass is 186 g/mol. The predicted molar refractivity (Wildman–Crippen MR) is 50.5 cm³/mol. The molecule has 0 aliphatic carbocycles. The molecule has 3 rings (SSSR count). The van der Waals surface area contributed by atoms with Gasteiger partial charge in [0.25, 0.3) is 0 Å². The lowest BCUT2D eigenvalue weighted by molar-refractivity contribution is -0.470. The molecule has 0 radical (unpaired) electrons. The zero-order chi connectivity index (χ0) is 9.54. The number of hydroxylamine groups is 1. The molecular formula is C9H6N4O. The quantitative estimate of drug-likeness (QED) is 0.382. The van der Waals surface area contributed by atoms with E-state index in [-0.39, 0.29) is 6.54 Å². The van der Waals surface area contributed by atoms with Crippen molar-refractivity contribution in [3.63, 3.8) is 0 Å².